The second-order valence-electron chi connectivity index (χ2n) is 4.63. The smallest absolute Gasteiger partial charge is 0.340 e. The second-order valence-corrected chi connectivity index (χ2v) is 4.63. The van der Waals surface area contributed by atoms with Crippen LogP contribution in [0.4, 0.5) is 5.69 Å². The molecular formula is C14H20N2O2. The molecule has 0 radical (unpaired) electrons. The van der Waals surface area contributed by atoms with E-state index in [0.717, 1.165) is 32.5 Å². The molecule has 0 aromatic heterocycles. The highest BCUT2D eigenvalue weighted by Crippen LogP contribution is 2.18. The van der Waals surface area contributed by atoms with E-state index in [1.54, 1.807) is 18.2 Å². The maximum Gasteiger partial charge on any atom is 0.340 e. The van der Waals surface area contributed by atoms with E-state index in [-0.39, 0.29) is 12.1 Å². The lowest BCUT2D eigenvalue weighted by Crippen LogP contribution is -2.37. The molecule has 1 fully saturated rings. The average molecular weight is 248 g/mol. The SMILES string of the molecule is CCN1CCC(OC(=O)c2ccccc2N)CC1. The van der Waals surface area contributed by atoms with Crippen molar-refractivity contribution in [3.05, 3.63) is 29.8 Å². The van der Waals surface area contributed by atoms with E-state index in [1.807, 2.05) is 6.07 Å². The number of nitrogen functional groups attached to an aromatic ring is 1. The summed E-state index contributed by atoms with van der Waals surface area (Å²) in [6, 6.07) is 7.04. The largest absolute Gasteiger partial charge is 0.459 e. The summed E-state index contributed by atoms with van der Waals surface area (Å²) in [7, 11) is 0. The summed E-state index contributed by atoms with van der Waals surface area (Å²) in [5.41, 5.74) is 6.71. The predicted octanol–water partition coefficient (Wildman–Crippen LogP) is 1.91. The number of esters is 1. The lowest BCUT2D eigenvalue weighted by molar-refractivity contribution is 0.0120. The summed E-state index contributed by atoms with van der Waals surface area (Å²) in [5.74, 6) is -0.303. The molecule has 1 aliphatic heterocycles. The van der Waals surface area contributed by atoms with Gasteiger partial charge in [-0.3, -0.25) is 0 Å². The van der Waals surface area contributed by atoms with Crippen LogP contribution in [0, 0.1) is 0 Å². The zero-order valence-corrected chi connectivity index (χ0v) is 10.8. The number of carbonyl (C=O) groups is 1. The summed E-state index contributed by atoms with van der Waals surface area (Å²) >= 11 is 0. The molecule has 0 atom stereocenters. The standard InChI is InChI=1S/C14H20N2O2/c1-2-16-9-7-11(8-10-16)18-14(17)12-5-3-4-6-13(12)15/h3-6,11H,2,7-10,15H2,1H3. The monoisotopic (exact) mass is 248 g/mol. The third kappa shape index (κ3) is 3.01. The van der Waals surface area contributed by atoms with E-state index in [0.29, 0.717) is 11.3 Å². The van der Waals surface area contributed by atoms with E-state index < -0.39 is 0 Å². The molecule has 2 N–H and O–H groups in total. The van der Waals surface area contributed by atoms with Gasteiger partial charge in [0, 0.05) is 18.8 Å². The number of carbonyl (C=O) groups excluding carboxylic acids is 1. The van der Waals surface area contributed by atoms with Crippen LogP contribution >= 0.6 is 0 Å². The zero-order valence-electron chi connectivity index (χ0n) is 10.8. The molecule has 98 valence electrons. The van der Waals surface area contributed by atoms with E-state index in [4.69, 9.17) is 10.5 Å². The van der Waals surface area contributed by atoms with Crippen molar-refractivity contribution < 1.29 is 9.53 Å². The van der Waals surface area contributed by atoms with Crippen molar-refractivity contribution in [1.29, 1.82) is 0 Å². The van der Waals surface area contributed by atoms with Crippen molar-refractivity contribution in [2.45, 2.75) is 25.9 Å². The zero-order chi connectivity index (χ0) is 13.0. The first-order chi connectivity index (χ1) is 8.70. The Kier molecular flexibility index (Phi) is 4.20. The van der Waals surface area contributed by atoms with Gasteiger partial charge in [0.25, 0.3) is 0 Å². The van der Waals surface area contributed by atoms with Gasteiger partial charge in [-0.15, -0.1) is 0 Å². The molecule has 1 aromatic carbocycles. The molecule has 1 aromatic rings. The predicted molar refractivity (Wildman–Crippen MR) is 71.4 cm³/mol. The number of hydrogen-bond donors (Lipinski definition) is 1. The minimum atomic E-state index is -0.303. The van der Waals surface area contributed by atoms with Crippen LogP contribution in [0.1, 0.15) is 30.1 Å². The van der Waals surface area contributed by atoms with Gasteiger partial charge in [0.05, 0.1) is 5.56 Å². The highest BCUT2D eigenvalue weighted by atomic mass is 16.5. The Morgan fingerprint density at radius 2 is 2.06 bits per heavy atom. The first kappa shape index (κ1) is 12.9. The Bertz CT molecular complexity index is 412. The van der Waals surface area contributed by atoms with Crippen LogP contribution in [-0.4, -0.2) is 36.6 Å². The first-order valence-corrected chi connectivity index (χ1v) is 6.48. The van der Waals surface area contributed by atoms with Crippen molar-refractivity contribution in [3.63, 3.8) is 0 Å². The van der Waals surface area contributed by atoms with E-state index in [1.165, 1.54) is 0 Å². The molecule has 0 amide bonds. The van der Waals surface area contributed by atoms with Gasteiger partial charge in [0.15, 0.2) is 0 Å². The van der Waals surface area contributed by atoms with E-state index >= 15 is 0 Å². The van der Waals surface area contributed by atoms with Crippen LogP contribution in [-0.2, 0) is 4.74 Å². The Morgan fingerprint density at radius 3 is 2.67 bits per heavy atom. The van der Waals surface area contributed by atoms with E-state index in [2.05, 4.69) is 11.8 Å². The normalized spacial score (nSPS) is 17.6. The molecule has 1 aliphatic rings. The third-order valence-corrected chi connectivity index (χ3v) is 3.44. The molecule has 2 rings (SSSR count). The minimum absolute atomic E-state index is 0.0277. The van der Waals surface area contributed by atoms with Crippen molar-refractivity contribution in [2.75, 3.05) is 25.4 Å². The Hall–Kier alpha value is -1.55. The fourth-order valence-electron chi connectivity index (χ4n) is 2.24. The second kappa shape index (κ2) is 5.87. The van der Waals surface area contributed by atoms with Gasteiger partial charge in [0.2, 0.25) is 0 Å². The number of nitrogens with zero attached hydrogens (tertiary/aromatic N) is 1. The number of para-hydroxylation sites is 1. The van der Waals surface area contributed by atoms with Crippen molar-refractivity contribution in [2.24, 2.45) is 0 Å². The van der Waals surface area contributed by atoms with Crippen LogP contribution in [0.25, 0.3) is 0 Å². The number of ether oxygens (including phenoxy) is 1. The quantitative estimate of drug-likeness (QED) is 0.656. The number of piperidine rings is 1. The molecule has 4 heteroatoms. The van der Waals surface area contributed by atoms with Gasteiger partial charge in [0.1, 0.15) is 6.10 Å². The van der Waals surface area contributed by atoms with Crippen LogP contribution in [0.2, 0.25) is 0 Å². The van der Waals surface area contributed by atoms with Crippen LogP contribution in [0.5, 0.6) is 0 Å². The molecule has 1 heterocycles. The summed E-state index contributed by atoms with van der Waals surface area (Å²) in [5, 5.41) is 0. The highest BCUT2D eigenvalue weighted by molar-refractivity contribution is 5.95. The summed E-state index contributed by atoms with van der Waals surface area (Å²) in [6.45, 7) is 5.21. The highest BCUT2D eigenvalue weighted by Gasteiger charge is 2.22. The molecule has 0 bridgehead atoms. The average Bonchev–Trinajstić information content (AvgIpc) is 2.40. The molecule has 1 saturated heterocycles. The van der Waals surface area contributed by atoms with Gasteiger partial charge in [-0.25, -0.2) is 4.79 Å². The maximum atomic E-state index is 12.0. The van der Waals surface area contributed by atoms with Crippen molar-refractivity contribution in [1.82, 2.24) is 4.90 Å². The van der Waals surface area contributed by atoms with Gasteiger partial charge in [-0.05, 0) is 31.5 Å². The Morgan fingerprint density at radius 1 is 1.39 bits per heavy atom. The fourth-order valence-corrected chi connectivity index (χ4v) is 2.24. The fraction of sp³-hybridized carbons (Fsp3) is 0.500. The van der Waals surface area contributed by atoms with Crippen molar-refractivity contribution >= 4 is 11.7 Å². The summed E-state index contributed by atoms with van der Waals surface area (Å²) in [4.78, 5) is 14.3. The topological polar surface area (TPSA) is 55.6 Å². The third-order valence-electron chi connectivity index (χ3n) is 3.44. The van der Waals surface area contributed by atoms with Gasteiger partial charge in [-0.1, -0.05) is 19.1 Å². The van der Waals surface area contributed by atoms with Gasteiger partial charge in [-0.2, -0.15) is 0 Å². The van der Waals surface area contributed by atoms with Crippen LogP contribution in [0.3, 0.4) is 0 Å². The minimum Gasteiger partial charge on any atom is -0.459 e. The molecule has 0 aliphatic carbocycles. The Labute approximate surface area is 108 Å². The number of benzene rings is 1. The van der Waals surface area contributed by atoms with Crippen LogP contribution < -0.4 is 5.73 Å². The molecule has 18 heavy (non-hydrogen) atoms. The number of anilines is 1. The molecule has 0 spiro atoms. The lowest BCUT2D eigenvalue weighted by atomic mass is 10.1. The number of likely N-dealkylation sites (tertiary alicyclic amines) is 1. The molecule has 4 nitrogen and oxygen atoms in total. The number of rotatable bonds is 3. The molecule has 0 saturated carbocycles. The molecular weight excluding hydrogens is 228 g/mol. The molecule has 0 unspecified atom stereocenters. The van der Waals surface area contributed by atoms with Crippen molar-refractivity contribution in [3.8, 4) is 0 Å². The first-order valence-electron chi connectivity index (χ1n) is 6.48. The number of nitrogens with two attached hydrogens (primary N) is 1. The summed E-state index contributed by atoms with van der Waals surface area (Å²) in [6.07, 6.45) is 1.85. The Balaban J connectivity index is 1.91. The van der Waals surface area contributed by atoms with Gasteiger partial charge < -0.3 is 15.4 Å². The maximum absolute atomic E-state index is 12.0. The number of hydrogen-bond acceptors (Lipinski definition) is 4. The van der Waals surface area contributed by atoms with E-state index in [9.17, 15) is 4.79 Å². The van der Waals surface area contributed by atoms with Crippen LogP contribution in [0.15, 0.2) is 24.3 Å². The van der Waals surface area contributed by atoms with Gasteiger partial charge >= 0.3 is 5.97 Å². The summed E-state index contributed by atoms with van der Waals surface area (Å²) < 4.78 is 5.51. The lowest BCUT2D eigenvalue weighted by Gasteiger charge is -2.30.